The summed E-state index contributed by atoms with van der Waals surface area (Å²) < 4.78 is 20.8. The molecule has 0 amide bonds. The predicted molar refractivity (Wildman–Crippen MR) is 107 cm³/mol. The standard InChI is InChI=1S/C20H23ClFN5O2/c21-17-15(22)16-14(11-23-17)18(26-9-3-13(28)4-10-26)25-19(24-16)29-12-20-5-1-7-27(20)8-2-6-20/h11H,1-10,12H2. The maximum Gasteiger partial charge on any atom is 0.319 e. The fourth-order valence-electron chi connectivity index (χ4n) is 4.93. The van der Waals surface area contributed by atoms with Crippen LogP contribution in [0.25, 0.3) is 10.9 Å². The molecule has 3 saturated heterocycles. The number of ketones is 1. The first-order valence-electron chi connectivity index (χ1n) is 10.2. The highest BCUT2D eigenvalue weighted by atomic mass is 35.5. The number of fused-ring (bicyclic) bond motifs is 2. The number of hydrogen-bond donors (Lipinski definition) is 0. The molecular weight excluding hydrogens is 397 g/mol. The average molecular weight is 420 g/mol. The second kappa shape index (κ2) is 7.32. The minimum absolute atomic E-state index is 0.0461. The van der Waals surface area contributed by atoms with Crippen molar-refractivity contribution in [1.82, 2.24) is 19.9 Å². The van der Waals surface area contributed by atoms with Crippen LogP contribution in [0.4, 0.5) is 10.2 Å². The van der Waals surface area contributed by atoms with Crippen LogP contribution in [0.15, 0.2) is 6.20 Å². The van der Waals surface area contributed by atoms with Gasteiger partial charge in [-0.25, -0.2) is 9.37 Å². The number of pyridine rings is 1. The highest BCUT2D eigenvalue weighted by Crippen LogP contribution is 2.39. The molecule has 2 aromatic rings. The summed E-state index contributed by atoms with van der Waals surface area (Å²) in [5, 5.41) is 0.258. The molecule has 3 fully saturated rings. The third-order valence-corrected chi connectivity index (χ3v) is 6.77. The Balaban J connectivity index is 1.50. The van der Waals surface area contributed by atoms with Crippen molar-refractivity contribution in [2.75, 3.05) is 37.7 Å². The van der Waals surface area contributed by atoms with E-state index in [4.69, 9.17) is 16.3 Å². The summed E-state index contributed by atoms with van der Waals surface area (Å²) in [4.78, 5) is 29.0. The lowest BCUT2D eigenvalue weighted by atomic mass is 9.95. The van der Waals surface area contributed by atoms with Gasteiger partial charge in [-0.15, -0.1) is 0 Å². The molecular formula is C20H23ClFN5O2. The first-order chi connectivity index (χ1) is 14.1. The first kappa shape index (κ1) is 18.9. The van der Waals surface area contributed by atoms with Gasteiger partial charge < -0.3 is 9.64 Å². The van der Waals surface area contributed by atoms with Crippen LogP contribution in [0.5, 0.6) is 6.01 Å². The minimum atomic E-state index is -0.674. The Labute approximate surface area is 173 Å². The summed E-state index contributed by atoms with van der Waals surface area (Å²) in [6.07, 6.45) is 6.94. The van der Waals surface area contributed by atoms with Crippen molar-refractivity contribution in [2.24, 2.45) is 0 Å². The third-order valence-electron chi connectivity index (χ3n) is 6.50. The van der Waals surface area contributed by atoms with Gasteiger partial charge >= 0.3 is 6.01 Å². The zero-order chi connectivity index (χ0) is 20.0. The molecule has 0 aliphatic carbocycles. The van der Waals surface area contributed by atoms with Gasteiger partial charge in [0.1, 0.15) is 23.7 Å². The van der Waals surface area contributed by atoms with E-state index in [0.29, 0.717) is 43.7 Å². The highest BCUT2D eigenvalue weighted by molar-refractivity contribution is 6.30. The van der Waals surface area contributed by atoms with E-state index in [1.807, 2.05) is 4.90 Å². The van der Waals surface area contributed by atoms with Crippen molar-refractivity contribution in [2.45, 2.75) is 44.1 Å². The molecule has 9 heteroatoms. The van der Waals surface area contributed by atoms with Gasteiger partial charge in [-0.1, -0.05) is 11.6 Å². The van der Waals surface area contributed by atoms with E-state index in [2.05, 4.69) is 19.9 Å². The number of Topliss-reactive ketones (excluding diaryl/α,β-unsaturated/α-hetero) is 1. The second-order valence-electron chi connectivity index (χ2n) is 8.19. The van der Waals surface area contributed by atoms with E-state index in [1.165, 1.54) is 19.0 Å². The van der Waals surface area contributed by atoms with Gasteiger partial charge in [-0.2, -0.15) is 9.97 Å². The largest absolute Gasteiger partial charge is 0.461 e. The highest BCUT2D eigenvalue weighted by Gasteiger charge is 2.45. The van der Waals surface area contributed by atoms with Crippen LogP contribution < -0.4 is 9.64 Å². The molecule has 0 radical (unpaired) electrons. The normalized spacial score (nSPS) is 21.7. The Bertz CT molecular complexity index is 952. The number of carbonyl (C=O) groups is 1. The Morgan fingerprint density at radius 1 is 1.14 bits per heavy atom. The quantitative estimate of drug-likeness (QED) is 0.705. The van der Waals surface area contributed by atoms with E-state index in [0.717, 1.165) is 25.9 Å². The average Bonchev–Trinajstić information content (AvgIpc) is 3.30. The molecule has 0 N–H and O–H groups in total. The summed E-state index contributed by atoms with van der Waals surface area (Å²) in [7, 11) is 0. The number of hydrogen-bond acceptors (Lipinski definition) is 7. The van der Waals surface area contributed by atoms with Crippen molar-refractivity contribution in [3.05, 3.63) is 17.2 Å². The maximum atomic E-state index is 14.7. The summed E-state index contributed by atoms with van der Waals surface area (Å²) in [5.41, 5.74) is 0.152. The van der Waals surface area contributed by atoms with Crippen LogP contribution in [0.3, 0.4) is 0 Å². The monoisotopic (exact) mass is 419 g/mol. The Hall–Kier alpha value is -2.06. The fraction of sp³-hybridized carbons (Fsp3) is 0.600. The van der Waals surface area contributed by atoms with Gasteiger partial charge in [0.15, 0.2) is 11.0 Å². The van der Waals surface area contributed by atoms with Crippen LogP contribution >= 0.6 is 11.6 Å². The van der Waals surface area contributed by atoms with E-state index in [1.54, 1.807) is 0 Å². The van der Waals surface area contributed by atoms with Gasteiger partial charge in [-0.3, -0.25) is 9.69 Å². The number of piperidine rings is 1. The van der Waals surface area contributed by atoms with E-state index in [-0.39, 0.29) is 28.0 Å². The fourth-order valence-corrected chi connectivity index (χ4v) is 5.07. The molecule has 29 heavy (non-hydrogen) atoms. The number of carbonyl (C=O) groups excluding carboxylic acids is 1. The number of rotatable bonds is 4. The Morgan fingerprint density at radius 3 is 2.59 bits per heavy atom. The van der Waals surface area contributed by atoms with Crippen molar-refractivity contribution < 1.29 is 13.9 Å². The molecule has 3 aliphatic rings. The van der Waals surface area contributed by atoms with Crippen LogP contribution in [-0.4, -0.2) is 64.0 Å². The van der Waals surface area contributed by atoms with Crippen LogP contribution in [0.2, 0.25) is 5.15 Å². The van der Waals surface area contributed by atoms with Gasteiger partial charge in [-0.05, 0) is 38.8 Å². The molecule has 0 spiro atoms. The second-order valence-corrected chi connectivity index (χ2v) is 8.55. The van der Waals surface area contributed by atoms with Gasteiger partial charge in [0.05, 0.1) is 10.9 Å². The molecule has 0 bridgehead atoms. The summed E-state index contributed by atoms with van der Waals surface area (Å²) in [6.45, 7) is 3.77. The number of anilines is 1. The minimum Gasteiger partial charge on any atom is -0.461 e. The lowest BCUT2D eigenvalue weighted by Gasteiger charge is -2.31. The molecule has 0 atom stereocenters. The molecule has 0 aromatic carbocycles. The molecule has 154 valence electrons. The number of nitrogens with zero attached hydrogens (tertiary/aromatic N) is 5. The number of aromatic nitrogens is 3. The molecule has 7 nitrogen and oxygen atoms in total. The predicted octanol–water partition coefficient (Wildman–Crippen LogP) is 2.99. The zero-order valence-corrected chi connectivity index (χ0v) is 16.9. The van der Waals surface area contributed by atoms with Crippen molar-refractivity contribution in [3.8, 4) is 6.01 Å². The summed E-state index contributed by atoms with van der Waals surface area (Å²) in [6, 6.07) is 0.152. The Morgan fingerprint density at radius 2 is 1.86 bits per heavy atom. The molecule has 5 rings (SSSR count). The first-order valence-corrected chi connectivity index (χ1v) is 10.6. The van der Waals surface area contributed by atoms with Gasteiger partial charge in [0, 0.05) is 32.1 Å². The van der Waals surface area contributed by atoms with Crippen LogP contribution in [-0.2, 0) is 4.79 Å². The maximum absolute atomic E-state index is 14.7. The van der Waals surface area contributed by atoms with E-state index < -0.39 is 5.82 Å². The molecule has 3 aliphatic heterocycles. The van der Waals surface area contributed by atoms with Gasteiger partial charge in [0.2, 0.25) is 0 Å². The topological polar surface area (TPSA) is 71.5 Å². The van der Waals surface area contributed by atoms with Crippen molar-refractivity contribution in [1.29, 1.82) is 0 Å². The SMILES string of the molecule is O=C1CCN(c2nc(OCC34CCCN3CCC4)nc3c(F)c(Cl)ncc23)CC1. The number of ether oxygens (including phenoxy) is 1. The summed E-state index contributed by atoms with van der Waals surface area (Å²) >= 11 is 5.90. The zero-order valence-electron chi connectivity index (χ0n) is 16.2. The van der Waals surface area contributed by atoms with Crippen LogP contribution in [0.1, 0.15) is 38.5 Å². The van der Waals surface area contributed by atoms with Crippen LogP contribution in [0, 0.1) is 5.82 Å². The summed E-state index contributed by atoms with van der Waals surface area (Å²) in [5.74, 6) is 0.102. The van der Waals surface area contributed by atoms with Gasteiger partial charge in [0.25, 0.3) is 0 Å². The van der Waals surface area contributed by atoms with E-state index >= 15 is 0 Å². The smallest absolute Gasteiger partial charge is 0.319 e. The third kappa shape index (κ3) is 3.32. The molecule has 2 aromatic heterocycles. The molecule has 0 saturated carbocycles. The molecule has 0 unspecified atom stereocenters. The van der Waals surface area contributed by atoms with E-state index in [9.17, 15) is 9.18 Å². The lowest BCUT2D eigenvalue weighted by Crippen LogP contribution is -2.43. The molecule has 5 heterocycles. The lowest BCUT2D eigenvalue weighted by molar-refractivity contribution is -0.119. The van der Waals surface area contributed by atoms with Crippen molar-refractivity contribution in [3.63, 3.8) is 0 Å². The number of halogens is 2. The van der Waals surface area contributed by atoms with Crippen molar-refractivity contribution >= 4 is 34.1 Å². The Kier molecular flexibility index (Phi) is 4.78.